The van der Waals surface area contributed by atoms with Crippen molar-refractivity contribution in [3.05, 3.63) is 20.8 Å². The molecule has 0 aliphatic heterocycles. The maximum absolute atomic E-state index is 5.90. The predicted molar refractivity (Wildman–Crippen MR) is 66.1 cm³/mol. The van der Waals surface area contributed by atoms with Crippen LogP contribution in [0.4, 0.5) is 0 Å². The summed E-state index contributed by atoms with van der Waals surface area (Å²) in [5, 5.41) is 5.59. The van der Waals surface area contributed by atoms with Gasteiger partial charge in [0.1, 0.15) is 0 Å². The first-order chi connectivity index (χ1) is 6.74. The van der Waals surface area contributed by atoms with Gasteiger partial charge in [0.05, 0.1) is 0 Å². The highest BCUT2D eigenvalue weighted by Crippen LogP contribution is 2.45. The minimum Gasteiger partial charge on any atom is -0.311 e. The van der Waals surface area contributed by atoms with Crippen LogP contribution in [0.15, 0.2) is 15.9 Å². The van der Waals surface area contributed by atoms with Crippen LogP contribution in [0.2, 0.25) is 0 Å². The van der Waals surface area contributed by atoms with Gasteiger partial charge in [-0.25, -0.2) is 0 Å². The second kappa shape index (κ2) is 4.52. The third-order valence-electron chi connectivity index (χ3n) is 2.66. The summed E-state index contributed by atoms with van der Waals surface area (Å²) < 4.78 is 1.18. The van der Waals surface area contributed by atoms with Crippen LogP contribution in [0.1, 0.15) is 17.7 Å². The van der Waals surface area contributed by atoms with Gasteiger partial charge in [0, 0.05) is 33.7 Å². The molecule has 0 amide bonds. The molecule has 1 aliphatic rings. The molecule has 2 rings (SSSR count). The Morgan fingerprint density at radius 3 is 2.86 bits per heavy atom. The Morgan fingerprint density at radius 1 is 1.57 bits per heavy atom. The largest absolute Gasteiger partial charge is 0.311 e. The van der Waals surface area contributed by atoms with Crippen LogP contribution in [0, 0.1) is 5.41 Å². The third-order valence-corrected chi connectivity index (χ3v) is 4.93. The summed E-state index contributed by atoms with van der Waals surface area (Å²) in [6.45, 7) is 2.03. The van der Waals surface area contributed by atoms with Crippen molar-refractivity contribution in [3.63, 3.8) is 0 Å². The second-order valence-corrected chi connectivity index (χ2v) is 6.15. The highest BCUT2D eigenvalue weighted by molar-refractivity contribution is 9.10. The smallest absolute Gasteiger partial charge is 0.0300 e. The minimum absolute atomic E-state index is 0.427. The zero-order chi connectivity index (χ0) is 10.0. The van der Waals surface area contributed by atoms with Crippen molar-refractivity contribution < 1.29 is 0 Å². The lowest BCUT2D eigenvalue weighted by atomic mass is 10.1. The molecule has 0 aromatic carbocycles. The Bertz CT molecular complexity index is 309. The number of rotatable bonds is 5. The molecule has 1 saturated carbocycles. The van der Waals surface area contributed by atoms with Crippen LogP contribution >= 0.6 is 38.9 Å². The molecule has 14 heavy (non-hydrogen) atoms. The molecule has 1 heterocycles. The molecule has 0 radical (unpaired) electrons. The predicted octanol–water partition coefficient (Wildman–Crippen LogP) is 3.62. The Labute approximate surface area is 102 Å². The number of thiophene rings is 1. The minimum atomic E-state index is 0.427. The molecule has 0 saturated heterocycles. The summed E-state index contributed by atoms with van der Waals surface area (Å²) in [6.07, 6.45) is 2.58. The molecule has 4 heteroatoms. The average molecular weight is 295 g/mol. The lowest BCUT2D eigenvalue weighted by molar-refractivity contribution is 0.506. The van der Waals surface area contributed by atoms with Gasteiger partial charge in [0.25, 0.3) is 0 Å². The van der Waals surface area contributed by atoms with Gasteiger partial charge in [-0.15, -0.1) is 22.9 Å². The lowest BCUT2D eigenvalue weighted by Gasteiger charge is -2.11. The van der Waals surface area contributed by atoms with Gasteiger partial charge in [-0.3, -0.25) is 0 Å². The van der Waals surface area contributed by atoms with E-state index in [-0.39, 0.29) is 0 Å². The SMILES string of the molecule is ClCC1(CNCc2cc(Br)cs2)CC1. The van der Waals surface area contributed by atoms with E-state index in [0.29, 0.717) is 5.41 Å². The number of hydrogen-bond acceptors (Lipinski definition) is 2. The molecule has 1 N–H and O–H groups in total. The highest BCUT2D eigenvalue weighted by atomic mass is 79.9. The molecule has 1 nitrogen and oxygen atoms in total. The maximum atomic E-state index is 5.90. The van der Waals surface area contributed by atoms with Crippen LogP contribution in [0.25, 0.3) is 0 Å². The van der Waals surface area contributed by atoms with Gasteiger partial charge in [0.15, 0.2) is 0 Å². The summed E-state index contributed by atoms with van der Waals surface area (Å²) >= 11 is 11.1. The first-order valence-corrected chi connectivity index (χ1v) is 6.94. The molecule has 0 spiro atoms. The van der Waals surface area contributed by atoms with Gasteiger partial charge >= 0.3 is 0 Å². The molecule has 78 valence electrons. The van der Waals surface area contributed by atoms with Crippen LogP contribution in [-0.2, 0) is 6.54 Å². The summed E-state index contributed by atoms with van der Waals surface area (Å²) in [6, 6.07) is 2.16. The van der Waals surface area contributed by atoms with Gasteiger partial charge in [-0.2, -0.15) is 0 Å². The zero-order valence-electron chi connectivity index (χ0n) is 7.85. The molecular weight excluding hydrogens is 282 g/mol. The van der Waals surface area contributed by atoms with Crippen LogP contribution in [0.5, 0.6) is 0 Å². The molecule has 1 aromatic rings. The summed E-state index contributed by atoms with van der Waals surface area (Å²) in [7, 11) is 0. The van der Waals surface area contributed by atoms with Crippen molar-refractivity contribution in [1.29, 1.82) is 0 Å². The fourth-order valence-electron chi connectivity index (χ4n) is 1.43. The Morgan fingerprint density at radius 2 is 2.36 bits per heavy atom. The second-order valence-electron chi connectivity index (χ2n) is 3.97. The highest BCUT2D eigenvalue weighted by Gasteiger charge is 2.41. The van der Waals surface area contributed by atoms with E-state index in [1.54, 1.807) is 11.3 Å². The third kappa shape index (κ3) is 2.72. The molecular formula is C10H13BrClNS. The van der Waals surface area contributed by atoms with E-state index in [4.69, 9.17) is 11.6 Å². The van der Waals surface area contributed by atoms with Crippen molar-refractivity contribution in [2.45, 2.75) is 19.4 Å². The van der Waals surface area contributed by atoms with E-state index in [0.717, 1.165) is 19.0 Å². The zero-order valence-corrected chi connectivity index (χ0v) is 11.0. The first-order valence-electron chi connectivity index (χ1n) is 4.74. The van der Waals surface area contributed by atoms with Crippen molar-refractivity contribution >= 4 is 38.9 Å². The van der Waals surface area contributed by atoms with Crippen molar-refractivity contribution in [2.75, 3.05) is 12.4 Å². The Kier molecular flexibility index (Phi) is 3.53. The molecule has 0 atom stereocenters. The standard InChI is InChI=1S/C10H13BrClNS/c11-8-3-9(14-5-8)4-13-7-10(6-12)1-2-10/h3,5,13H,1-2,4,6-7H2. The van der Waals surface area contributed by atoms with Gasteiger partial charge < -0.3 is 5.32 Å². The number of hydrogen-bond donors (Lipinski definition) is 1. The molecule has 1 fully saturated rings. The van der Waals surface area contributed by atoms with E-state index in [2.05, 4.69) is 32.7 Å². The number of halogens is 2. The lowest BCUT2D eigenvalue weighted by Crippen LogP contribution is -2.24. The van der Waals surface area contributed by atoms with Crippen molar-refractivity contribution in [2.24, 2.45) is 5.41 Å². The number of alkyl halides is 1. The van der Waals surface area contributed by atoms with E-state index in [9.17, 15) is 0 Å². The van der Waals surface area contributed by atoms with E-state index in [1.165, 1.54) is 22.2 Å². The topological polar surface area (TPSA) is 12.0 Å². The monoisotopic (exact) mass is 293 g/mol. The van der Waals surface area contributed by atoms with E-state index >= 15 is 0 Å². The molecule has 0 bridgehead atoms. The van der Waals surface area contributed by atoms with Gasteiger partial charge in [-0.05, 0) is 40.3 Å². The van der Waals surface area contributed by atoms with Crippen LogP contribution < -0.4 is 5.32 Å². The summed E-state index contributed by atoms with van der Waals surface area (Å²) in [5.74, 6) is 0.800. The normalized spacial score (nSPS) is 18.4. The average Bonchev–Trinajstić information content (AvgIpc) is 2.84. The quantitative estimate of drug-likeness (QED) is 0.818. The molecule has 0 unspecified atom stereocenters. The fraction of sp³-hybridized carbons (Fsp3) is 0.600. The summed E-state index contributed by atoms with van der Waals surface area (Å²) in [5.41, 5.74) is 0.427. The Hall–Kier alpha value is 0.430. The van der Waals surface area contributed by atoms with Crippen LogP contribution in [0.3, 0.4) is 0 Å². The number of nitrogens with one attached hydrogen (secondary N) is 1. The summed E-state index contributed by atoms with van der Waals surface area (Å²) in [4.78, 5) is 1.38. The Balaban J connectivity index is 1.73. The molecule has 1 aromatic heterocycles. The fourth-order valence-corrected chi connectivity index (χ4v) is 3.21. The van der Waals surface area contributed by atoms with Crippen molar-refractivity contribution in [3.8, 4) is 0 Å². The first kappa shape index (κ1) is 10.9. The van der Waals surface area contributed by atoms with E-state index in [1.807, 2.05) is 0 Å². The van der Waals surface area contributed by atoms with Gasteiger partial charge in [0.2, 0.25) is 0 Å². The van der Waals surface area contributed by atoms with Crippen LogP contribution in [-0.4, -0.2) is 12.4 Å². The molecule has 1 aliphatic carbocycles. The van der Waals surface area contributed by atoms with Crippen molar-refractivity contribution in [1.82, 2.24) is 5.32 Å². The maximum Gasteiger partial charge on any atom is 0.0300 e. The van der Waals surface area contributed by atoms with E-state index < -0.39 is 0 Å². The van der Waals surface area contributed by atoms with Gasteiger partial charge in [-0.1, -0.05) is 0 Å².